The summed E-state index contributed by atoms with van der Waals surface area (Å²) in [6, 6.07) is 5.36. The molecule has 0 radical (unpaired) electrons. The summed E-state index contributed by atoms with van der Waals surface area (Å²) in [5.41, 5.74) is 0. The van der Waals surface area contributed by atoms with Crippen molar-refractivity contribution in [3.8, 4) is 5.75 Å². The molecule has 4 rings (SSSR count). The number of hydrogen-bond acceptors (Lipinski definition) is 4. The molecule has 1 saturated carbocycles. The van der Waals surface area contributed by atoms with E-state index in [9.17, 15) is 19.1 Å². The van der Waals surface area contributed by atoms with E-state index in [-0.39, 0.29) is 18.3 Å². The second-order valence-corrected chi connectivity index (χ2v) is 8.12. The SMILES string of the molecule is O=C([C@@H]1[C@H](Oc2ccc(F)cc2)CCN1C(=O)O)N1CCCN(C2CCC2)CC1. The number of rotatable bonds is 4. The average molecular weight is 405 g/mol. The van der Waals surface area contributed by atoms with Gasteiger partial charge in [-0.05, 0) is 43.5 Å². The normalized spacial score (nSPS) is 26.1. The van der Waals surface area contributed by atoms with Crippen LogP contribution in [0.5, 0.6) is 5.75 Å². The van der Waals surface area contributed by atoms with Gasteiger partial charge in [-0.15, -0.1) is 0 Å². The van der Waals surface area contributed by atoms with Crippen LogP contribution in [-0.2, 0) is 4.79 Å². The molecule has 1 N–H and O–H groups in total. The Kier molecular flexibility index (Phi) is 5.89. The fourth-order valence-electron chi connectivity index (χ4n) is 4.54. The topological polar surface area (TPSA) is 73.3 Å². The molecule has 7 nitrogen and oxygen atoms in total. The summed E-state index contributed by atoms with van der Waals surface area (Å²) in [7, 11) is 0. The molecule has 1 aliphatic carbocycles. The maximum Gasteiger partial charge on any atom is 0.408 e. The van der Waals surface area contributed by atoms with Crippen LogP contribution in [0.4, 0.5) is 9.18 Å². The molecule has 2 atom stereocenters. The van der Waals surface area contributed by atoms with E-state index in [1.165, 1.54) is 48.4 Å². The van der Waals surface area contributed by atoms with Gasteiger partial charge in [-0.25, -0.2) is 9.18 Å². The summed E-state index contributed by atoms with van der Waals surface area (Å²) in [6.07, 6.45) is 3.39. The molecule has 2 amide bonds. The number of hydrogen-bond donors (Lipinski definition) is 1. The summed E-state index contributed by atoms with van der Waals surface area (Å²) in [6.45, 7) is 3.31. The molecule has 1 aromatic carbocycles. The molecule has 8 heteroatoms. The fourth-order valence-corrected chi connectivity index (χ4v) is 4.54. The van der Waals surface area contributed by atoms with Gasteiger partial charge in [0.25, 0.3) is 0 Å². The number of carbonyl (C=O) groups is 2. The van der Waals surface area contributed by atoms with Crippen molar-refractivity contribution in [1.29, 1.82) is 0 Å². The van der Waals surface area contributed by atoms with E-state index in [0.29, 0.717) is 31.3 Å². The molecule has 0 unspecified atom stereocenters. The quantitative estimate of drug-likeness (QED) is 0.833. The van der Waals surface area contributed by atoms with Crippen LogP contribution in [0.3, 0.4) is 0 Å². The molecular formula is C21H28FN3O4. The van der Waals surface area contributed by atoms with E-state index in [0.717, 1.165) is 19.5 Å². The van der Waals surface area contributed by atoms with Gasteiger partial charge in [-0.2, -0.15) is 0 Å². The molecule has 3 aliphatic rings. The second kappa shape index (κ2) is 8.57. The van der Waals surface area contributed by atoms with Gasteiger partial charge in [0.15, 0.2) is 6.04 Å². The Hall–Kier alpha value is -2.35. The van der Waals surface area contributed by atoms with E-state index in [1.54, 1.807) is 4.90 Å². The first kappa shape index (κ1) is 19.9. The first-order valence-corrected chi connectivity index (χ1v) is 10.5. The highest BCUT2D eigenvalue weighted by molar-refractivity contribution is 5.86. The van der Waals surface area contributed by atoms with E-state index in [1.807, 2.05) is 0 Å². The van der Waals surface area contributed by atoms with Crippen LogP contribution < -0.4 is 4.74 Å². The van der Waals surface area contributed by atoms with Crippen LogP contribution in [-0.4, -0.2) is 82.7 Å². The van der Waals surface area contributed by atoms with Gasteiger partial charge < -0.3 is 14.7 Å². The summed E-state index contributed by atoms with van der Waals surface area (Å²) in [4.78, 5) is 30.5. The van der Waals surface area contributed by atoms with Crippen molar-refractivity contribution in [2.24, 2.45) is 0 Å². The minimum absolute atomic E-state index is 0.188. The number of benzene rings is 1. The van der Waals surface area contributed by atoms with Gasteiger partial charge in [0.1, 0.15) is 17.7 Å². The monoisotopic (exact) mass is 405 g/mol. The van der Waals surface area contributed by atoms with Gasteiger partial charge in [-0.1, -0.05) is 6.42 Å². The molecule has 0 aromatic heterocycles. The van der Waals surface area contributed by atoms with Crippen LogP contribution >= 0.6 is 0 Å². The zero-order chi connectivity index (χ0) is 20.4. The lowest BCUT2D eigenvalue weighted by Crippen LogP contribution is -2.53. The number of halogens is 1. The predicted molar refractivity (Wildman–Crippen MR) is 104 cm³/mol. The third kappa shape index (κ3) is 4.32. The van der Waals surface area contributed by atoms with E-state index in [4.69, 9.17) is 4.74 Å². The Bertz CT molecular complexity index is 740. The maximum absolute atomic E-state index is 13.3. The van der Waals surface area contributed by atoms with Crippen LogP contribution in [0.2, 0.25) is 0 Å². The van der Waals surface area contributed by atoms with Crippen LogP contribution in [0.25, 0.3) is 0 Å². The Morgan fingerprint density at radius 2 is 1.72 bits per heavy atom. The van der Waals surface area contributed by atoms with Crippen LogP contribution in [0.1, 0.15) is 32.1 Å². The van der Waals surface area contributed by atoms with Crippen molar-refractivity contribution in [3.05, 3.63) is 30.1 Å². The zero-order valence-corrected chi connectivity index (χ0v) is 16.5. The largest absolute Gasteiger partial charge is 0.488 e. The van der Waals surface area contributed by atoms with Crippen molar-refractivity contribution >= 4 is 12.0 Å². The summed E-state index contributed by atoms with van der Waals surface area (Å²) in [5, 5.41) is 9.60. The van der Waals surface area contributed by atoms with Crippen molar-refractivity contribution < 1.29 is 23.8 Å². The Labute approximate surface area is 170 Å². The minimum atomic E-state index is -1.11. The highest BCUT2D eigenvalue weighted by Crippen LogP contribution is 2.28. The second-order valence-electron chi connectivity index (χ2n) is 8.12. The summed E-state index contributed by atoms with van der Waals surface area (Å²) >= 11 is 0. The third-order valence-corrected chi connectivity index (χ3v) is 6.38. The molecular weight excluding hydrogens is 377 g/mol. The summed E-state index contributed by atoms with van der Waals surface area (Å²) in [5.74, 6) is -0.120. The van der Waals surface area contributed by atoms with Gasteiger partial charge in [0, 0.05) is 45.2 Å². The van der Waals surface area contributed by atoms with E-state index in [2.05, 4.69) is 4.90 Å². The van der Waals surface area contributed by atoms with Gasteiger partial charge in [-0.3, -0.25) is 14.6 Å². The first-order valence-electron chi connectivity index (χ1n) is 10.5. The third-order valence-electron chi connectivity index (χ3n) is 6.38. The Balaban J connectivity index is 1.46. The molecule has 1 aromatic rings. The smallest absolute Gasteiger partial charge is 0.408 e. The minimum Gasteiger partial charge on any atom is -0.488 e. The first-order chi connectivity index (χ1) is 14.0. The zero-order valence-electron chi connectivity index (χ0n) is 16.5. The lowest BCUT2D eigenvalue weighted by atomic mass is 9.91. The summed E-state index contributed by atoms with van der Waals surface area (Å²) < 4.78 is 19.1. The van der Waals surface area contributed by atoms with E-state index < -0.39 is 18.2 Å². The average Bonchev–Trinajstić information content (AvgIpc) is 2.93. The standard InChI is InChI=1S/C21H28FN3O4/c22-15-5-7-17(8-6-15)29-18-9-12-25(21(27)28)19(18)20(26)24-11-2-10-23(13-14-24)16-3-1-4-16/h5-8,16,18-19H,1-4,9-14H2,(H,27,28)/t18-,19+/m1/s1. The van der Waals surface area contributed by atoms with Gasteiger partial charge in [0.05, 0.1) is 0 Å². The predicted octanol–water partition coefficient (Wildman–Crippen LogP) is 2.41. The molecule has 29 heavy (non-hydrogen) atoms. The number of likely N-dealkylation sites (tertiary alicyclic amines) is 1. The molecule has 2 aliphatic heterocycles. The van der Waals surface area contributed by atoms with Crippen molar-refractivity contribution in [1.82, 2.24) is 14.7 Å². The maximum atomic E-state index is 13.3. The van der Waals surface area contributed by atoms with Crippen LogP contribution in [0.15, 0.2) is 24.3 Å². The molecule has 2 heterocycles. The molecule has 3 fully saturated rings. The van der Waals surface area contributed by atoms with Gasteiger partial charge >= 0.3 is 6.09 Å². The van der Waals surface area contributed by atoms with Crippen molar-refractivity contribution in [2.75, 3.05) is 32.7 Å². The van der Waals surface area contributed by atoms with E-state index >= 15 is 0 Å². The van der Waals surface area contributed by atoms with Crippen LogP contribution in [0, 0.1) is 5.82 Å². The fraction of sp³-hybridized carbons (Fsp3) is 0.619. The number of ether oxygens (including phenoxy) is 1. The van der Waals surface area contributed by atoms with Crippen molar-refractivity contribution in [2.45, 2.75) is 50.3 Å². The number of amides is 2. The number of nitrogens with zero attached hydrogens (tertiary/aromatic N) is 3. The molecule has 0 spiro atoms. The van der Waals surface area contributed by atoms with Gasteiger partial charge in [0.2, 0.25) is 5.91 Å². The lowest BCUT2D eigenvalue weighted by molar-refractivity contribution is -0.137. The molecule has 0 bridgehead atoms. The highest BCUT2D eigenvalue weighted by atomic mass is 19.1. The van der Waals surface area contributed by atoms with Crippen molar-refractivity contribution in [3.63, 3.8) is 0 Å². The Morgan fingerprint density at radius 1 is 0.966 bits per heavy atom. The molecule has 2 saturated heterocycles. The Morgan fingerprint density at radius 3 is 2.38 bits per heavy atom. The highest BCUT2D eigenvalue weighted by Gasteiger charge is 2.45. The molecule has 158 valence electrons. The lowest BCUT2D eigenvalue weighted by Gasteiger charge is -2.37. The number of carboxylic acid groups (broad SMARTS) is 1. The number of carbonyl (C=O) groups excluding carboxylic acids is 1.